The first-order chi connectivity index (χ1) is 15.6. The van der Waals surface area contributed by atoms with Crippen LogP contribution >= 0.6 is 11.3 Å². The van der Waals surface area contributed by atoms with Crippen molar-refractivity contribution in [1.82, 2.24) is 9.88 Å². The molecule has 2 aromatic carbocycles. The Morgan fingerprint density at radius 3 is 2.75 bits per heavy atom. The van der Waals surface area contributed by atoms with Crippen LogP contribution in [0.2, 0.25) is 0 Å². The van der Waals surface area contributed by atoms with Crippen molar-refractivity contribution >= 4 is 34.0 Å². The minimum absolute atomic E-state index is 0.123. The second-order valence-electron chi connectivity index (χ2n) is 8.03. The maximum atomic E-state index is 12.9. The molecule has 0 saturated carbocycles. The molecule has 164 valence electrons. The van der Waals surface area contributed by atoms with Crippen molar-refractivity contribution in [2.45, 2.75) is 32.5 Å². The molecule has 0 fully saturated rings. The molecule has 5 rings (SSSR count). The first-order valence-corrected chi connectivity index (χ1v) is 11.5. The van der Waals surface area contributed by atoms with Crippen LogP contribution < -0.4 is 15.0 Å². The Balaban J connectivity index is 1.26. The van der Waals surface area contributed by atoms with Crippen molar-refractivity contribution in [2.24, 2.45) is 0 Å². The van der Waals surface area contributed by atoms with Crippen molar-refractivity contribution < 1.29 is 14.3 Å². The van der Waals surface area contributed by atoms with Gasteiger partial charge in [0.15, 0.2) is 11.2 Å². The van der Waals surface area contributed by atoms with Crippen LogP contribution in [-0.4, -0.2) is 40.9 Å². The second-order valence-corrected chi connectivity index (χ2v) is 9.11. The molecule has 0 saturated heterocycles. The van der Waals surface area contributed by atoms with Crippen LogP contribution in [-0.2, 0) is 29.1 Å². The number of carbonyl (C=O) groups excluding carboxylic acids is 2. The number of benzene rings is 2. The zero-order chi connectivity index (χ0) is 22.1. The fourth-order valence-corrected chi connectivity index (χ4v) is 5.19. The molecule has 32 heavy (non-hydrogen) atoms. The van der Waals surface area contributed by atoms with Gasteiger partial charge >= 0.3 is 0 Å². The molecule has 1 aromatic heterocycles. The van der Waals surface area contributed by atoms with Crippen LogP contribution in [0.1, 0.15) is 23.1 Å². The lowest BCUT2D eigenvalue weighted by Gasteiger charge is -2.33. The maximum Gasteiger partial charge on any atom is 0.269 e. The van der Waals surface area contributed by atoms with E-state index in [-0.39, 0.29) is 18.4 Å². The molecule has 7 nitrogen and oxygen atoms in total. The Bertz CT molecular complexity index is 1150. The highest BCUT2D eigenvalue weighted by Gasteiger charge is 2.33. The molecule has 2 aliphatic heterocycles. The van der Waals surface area contributed by atoms with E-state index in [0.717, 1.165) is 31.7 Å². The third kappa shape index (κ3) is 4.24. The predicted molar refractivity (Wildman–Crippen MR) is 124 cm³/mol. The van der Waals surface area contributed by atoms with Crippen molar-refractivity contribution in [3.63, 3.8) is 0 Å². The Labute approximate surface area is 190 Å². The van der Waals surface area contributed by atoms with E-state index >= 15 is 0 Å². The number of thiazole rings is 1. The lowest BCUT2D eigenvalue weighted by molar-refractivity contribution is -0.123. The number of rotatable bonds is 4. The van der Waals surface area contributed by atoms with E-state index in [4.69, 9.17) is 4.74 Å². The molecule has 3 heterocycles. The number of anilines is 2. The van der Waals surface area contributed by atoms with E-state index in [1.54, 1.807) is 11.0 Å². The van der Waals surface area contributed by atoms with Gasteiger partial charge in [0.25, 0.3) is 5.91 Å². The highest BCUT2D eigenvalue weighted by molar-refractivity contribution is 7.15. The van der Waals surface area contributed by atoms with Crippen LogP contribution in [0, 0.1) is 0 Å². The Morgan fingerprint density at radius 1 is 1.16 bits per heavy atom. The fourth-order valence-electron chi connectivity index (χ4n) is 4.13. The number of amides is 2. The van der Waals surface area contributed by atoms with Crippen LogP contribution in [0.15, 0.2) is 54.6 Å². The molecular formula is C24H24N4O3S. The molecule has 0 aliphatic carbocycles. The molecule has 1 atom stereocenters. The number of aromatic nitrogens is 1. The average molecular weight is 449 g/mol. The summed E-state index contributed by atoms with van der Waals surface area (Å²) in [6.45, 7) is 4.33. The Kier molecular flexibility index (Phi) is 5.63. The van der Waals surface area contributed by atoms with Crippen molar-refractivity contribution in [2.75, 3.05) is 23.3 Å². The SMILES string of the molecule is CC(=O)N1C[C@@H](C(=O)Nc2nc3c(s2)CN(Cc2ccccc2)CC3)Oc2ccccc21. The predicted octanol–water partition coefficient (Wildman–Crippen LogP) is 3.45. The number of fused-ring (bicyclic) bond motifs is 2. The topological polar surface area (TPSA) is 74.8 Å². The number of hydrogen-bond donors (Lipinski definition) is 1. The quantitative estimate of drug-likeness (QED) is 0.662. The van der Waals surface area contributed by atoms with Crippen LogP contribution in [0.4, 0.5) is 10.8 Å². The molecule has 2 amide bonds. The molecule has 1 N–H and O–H groups in total. The summed E-state index contributed by atoms with van der Waals surface area (Å²) >= 11 is 1.51. The lowest BCUT2D eigenvalue weighted by Crippen LogP contribution is -2.48. The van der Waals surface area contributed by atoms with Gasteiger partial charge in [-0.15, -0.1) is 11.3 Å². The number of ether oxygens (including phenoxy) is 1. The number of carbonyl (C=O) groups is 2. The van der Waals surface area contributed by atoms with Crippen molar-refractivity contribution in [1.29, 1.82) is 0 Å². The third-order valence-electron chi connectivity index (χ3n) is 5.74. The Morgan fingerprint density at radius 2 is 1.94 bits per heavy atom. The summed E-state index contributed by atoms with van der Waals surface area (Å²) in [5.74, 6) is 0.115. The van der Waals surface area contributed by atoms with E-state index in [2.05, 4.69) is 39.5 Å². The summed E-state index contributed by atoms with van der Waals surface area (Å²) in [5, 5.41) is 3.49. The molecular weight excluding hydrogens is 424 g/mol. The van der Waals surface area contributed by atoms with E-state index < -0.39 is 6.10 Å². The number of nitrogens with zero attached hydrogens (tertiary/aromatic N) is 3. The molecule has 0 spiro atoms. The number of para-hydroxylation sites is 2. The first kappa shape index (κ1) is 20.7. The average Bonchev–Trinajstić information content (AvgIpc) is 3.20. The summed E-state index contributed by atoms with van der Waals surface area (Å²) in [6.07, 6.45) is 0.0734. The highest BCUT2D eigenvalue weighted by atomic mass is 32.1. The van der Waals surface area contributed by atoms with Crippen molar-refractivity contribution in [3.05, 3.63) is 70.7 Å². The normalized spacial score (nSPS) is 17.8. The molecule has 2 aliphatic rings. The standard InChI is InChI=1S/C24H24N4O3S/c1-16(29)28-14-21(31-20-10-6-5-9-19(20)28)23(30)26-24-25-18-11-12-27(15-22(18)32-24)13-17-7-3-2-4-8-17/h2-10,21H,11-15H2,1H3,(H,25,26,30)/t21-/m0/s1. The summed E-state index contributed by atoms with van der Waals surface area (Å²) in [5.41, 5.74) is 3.03. The summed E-state index contributed by atoms with van der Waals surface area (Å²) in [7, 11) is 0. The van der Waals surface area contributed by atoms with Gasteiger partial charge in [0.05, 0.1) is 17.9 Å². The number of hydrogen-bond acceptors (Lipinski definition) is 6. The van der Waals surface area contributed by atoms with Gasteiger partial charge in [-0.05, 0) is 17.7 Å². The zero-order valence-corrected chi connectivity index (χ0v) is 18.6. The largest absolute Gasteiger partial charge is 0.476 e. The van der Waals surface area contributed by atoms with Crippen LogP contribution in [0.5, 0.6) is 5.75 Å². The van der Waals surface area contributed by atoms with Crippen LogP contribution in [0.3, 0.4) is 0 Å². The van der Waals surface area contributed by atoms with E-state index in [9.17, 15) is 9.59 Å². The molecule has 0 unspecified atom stereocenters. The van der Waals surface area contributed by atoms with Gasteiger partial charge < -0.3 is 9.64 Å². The summed E-state index contributed by atoms with van der Waals surface area (Å²) in [6, 6.07) is 17.7. The van der Waals surface area contributed by atoms with E-state index in [1.165, 1.54) is 28.7 Å². The van der Waals surface area contributed by atoms with Gasteiger partial charge in [0.1, 0.15) is 5.75 Å². The van der Waals surface area contributed by atoms with Crippen LogP contribution in [0.25, 0.3) is 0 Å². The molecule has 0 bridgehead atoms. The highest BCUT2D eigenvalue weighted by Crippen LogP contribution is 2.34. The smallest absolute Gasteiger partial charge is 0.269 e. The van der Waals surface area contributed by atoms with Gasteiger partial charge in [-0.1, -0.05) is 42.5 Å². The first-order valence-electron chi connectivity index (χ1n) is 10.7. The van der Waals surface area contributed by atoms with Gasteiger partial charge in [-0.25, -0.2) is 4.98 Å². The number of nitrogens with one attached hydrogen (secondary N) is 1. The van der Waals surface area contributed by atoms with Gasteiger partial charge in [0.2, 0.25) is 5.91 Å². The lowest BCUT2D eigenvalue weighted by atomic mass is 10.1. The van der Waals surface area contributed by atoms with Gasteiger partial charge in [0, 0.05) is 37.9 Å². The summed E-state index contributed by atoms with van der Waals surface area (Å²) < 4.78 is 5.89. The monoisotopic (exact) mass is 448 g/mol. The summed E-state index contributed by atoms with van der Waals surface area (Å²) in [4.78, 5) is 34.9. The van der Waals surface area contributed by atoms with E-state index in [0.29, 0.717) is 16.6 Å². The maximum absolute atomic E-state index is 12.9. The molecule has 8 heteroatoms. The molecule has 3 aromatic rings. The Hall–Kier alpha value is -3.23. The minimum Gasteiger partial charge on any atom is -0.476 e. The molecule has 0 radical (unpaired) electrons. The minimum atomic E-state index is -0.788. The third-order valence-corrected chi connectivity index (χ3v) is 6.73. The fraction of sp³-hybridized carbons (Fsp3) is 0.292. The van der Waals surface area contributed by atoms with Crippen molar-refractivity contribution in [3.8, 4) is 5.75 Å². The van der Waals surface area contributed by atoms with Gasteiger partial charge in [-0.2, -0.15) is 0 Å². The second kappa shape index (κ2) is 8.72. The van der Waals surface area contributed by atoms with E-state index in [1.807, 2.05) is 24.3 Å². The van der Waals surface area contributed by atoms with Gasteiger partial charge in [-0.3, -0.25) is 19.8 Å². The zero-order valence-electron chi connectivity index (χ0n) is 17.8.